The van der Waals surface area contributed by atoms with Gasteiger partial charge in [-0.25, -0.2) is 0 Å². The highest BCUT2D eigenvalue weighted by Crippen LogP contribution is 2.07. The molecule has 0 aliphatic rings. The Morgan fingerprint density at radius 1 is 0.643 bits per heavy atom. The van der Waals surface area contributed by atoms with E-state index in [1.54, 1.807) is 0 Å². The first-order valence-electron chi connectivity index (χ1n) is 5.19. The van der Waals surface area contributed by atoms with Crippen molar-refractivity contribution in [3.05, 3.63) is 0 Å². The lowest BCUT2D eigenvalue weighted by atomic mass is 10.1. The minimum atomic E-state index is -0.223. The second-order valence-electron chi connectivity index (χ2n) is 3.55. The number of primary amides is 2. The van der Waals surface area contributed by atoms with Crippen molar-refractivity contribution in [2.75, 3.05) is 0 Å². The van der Waals surface area contributed by atoms with E-state index in [9.17, 15) is 9.59 Å². The molecule has 4 N–H and O–H groups in total. The molecule has 4 nitrogen and oxygen atoms in total. The van der Waals surface area contributed by atoms with Crippen LogP contribution in [-0.2, 0) is 9.59 Å². The van der Waals surface area contributed by atoms with E-state index in [-0.39, 0.29) is 11.8 Å². The third kappa shape index (κ3) is 10.9. The maximum Gasteiger partial charge on any atom is 0.217 e. The number of amides is 2. The lowest BCUT2D eigenvalue weighted by Crippen LogP contribution is -2.09. The summed E-state index contributed by atoms with van der Waals surface area (Å²) in [6.07, 6.45) is 7.02. The summed E-state index contributed by atoms with van der Waals surface area (Å²) in [6.45, 7) is 0. The van der Waals surface area contributed by atoms with Gasteiger partial charge in [0.05, 0.1) is 0 Å². The van der Waals surface area contributed by atoms with Crippen LogP contribution >= 0.6 is 0 Å². The van der Waals surface area contributed by atoms with Gasteiger partial charge < -0.3 is 11.5 Å². The van der Waals surface area contributed by atoms with Gasteiger partial charge in [-0.3, -0.25) is 9.59 Å². The predicted molar refractivity (Wildman–Crippen MR) is 55.3 cm³/mol. The Balaban J connectivity index is 2.99. The molecular weight excluding hydrogens is 180 g/mol. The van der Waals surface area contributed by atoms with Gasteiger partial charge in [0.2, 0.25) is 11.8 Å². The van der Waals surface area contributed by atoms with Gasteiger partial charge in [0.1, 0.15) is 0 Å². The van der Waals surface area contributed by atoms with Crippen LogP contribution in [0.4, 0.5) is 0 Å². The van der Waals surface area contributed by atoms with E-state index in [2.05, 4.69) is 0 Å². The van der Waals surface area contributed by atoms with Gasteiger partial charge in [-0.2, -0.15) is 0 Å². The highest BCUT2D eigenvalue weighted by molar-refractivity contribution is 5.73. The number of carbonyl (C=O) groups is 2. The molecule has 0 bridgehead atoms. The van der Waals surface area contributed by atoms with Crippen LogP contribution in [0.25, 0.3) is 0 Å². The molecule has 0 aromatic heterocycles. The fourth-order valence-corrected chi connectivity index (χ4v) is 1.31. The van der Waals surface area contributed by atoms with Crippen LogP contribution in [-0.4, -0.2) is 11.8 Å². The van der Waals surface area contributed by atoms with Crippen molar-refractivity contribution in [3.63, 3.8) is 0 Å². The number of hydrogen-bond acceptors (Lipinski definition) is 2. The van der Waals surface area contributed by atoms with Crippen molar-refractivity contribution in [2.24, 2.45) is 11.5 Å². The summed E-state index contributed by atoms with van der Waals surface area (Å²) >= 11 is 0. The summed E-state index contributed by atoms with van der Waals surface area (Å²) in [5.74, 6) is -0.447. The summed E-state index contributed by atoms with van der Waals surface area (Å²) in [4.78, 5) is 20.8. The van der Waals surface area contributed by atoms with Gasteiger partial charge in [-0.05, 0) is 12.8 Å². The Morgan fingerprint density at radius 2 is 0.929 bits per heavy atom. The molecule has 0 aromatic rings. The largest absolute Gasteiger partial charge is 0.370 e. The number of unbranched alkanes of at least 4 members (excludes halogenated alkanes) is 5. The Morgan fingerprint density at radius 3 is 1.21 bits per heavy atom. The second-order valence-corrected chi connectivity index (χ2v) is 3.55. The Kier molecular flexibility index (Phi) is 7.89. The van der Waals surface area contributed by atoms with Gasteiger partial charge in [0, 0.05) is 12.8 Å². The van der Waals surface area contributed by atoms with Gasteiger partial charge in [0.15, 0.2) is 0 Å². The first-order chi connectivity index (χ1) is 6.63. The molecule has 2 amide bonds. The maximum absolute atomic E-state index is 10.4. The van der Waals surface area contributed by atoms with E-state index >= 15 is 0 Å². The van der Waals surface area contributed by atoms with Crippen molar-refractivity contribution in [1.82, 2.24) is 0 Å². The lowest BCUT2D eigenvalue weighted by Gasteiger charge is -1.99. The summed E-state index contributed by atoms with van der Waals surface area (Å²) in [6, 6.07) is 0. The average Bonchev–Trinajstić information content (AvgIpc) is 2.08. The van der Waals surface area contributed by atoms with E-state index in [4.69, 9.17) is 11.5 Å². The van der Waals surface area contributed by atoms with Crippen molar-refractivity contribution >= 4 is 11.8 Å². The SMILES string of the molecule is NC(=O)CCCCCCCCC(N)=O. The number of hydrogen-bond donors (Lipinski definition) is 2. The molecule has 0 heterocycles. The fourth-order valence-electron chi connectivity index (χ4n) is 1.31. The lowest BCUT2D eigenvalue weighted by molar-refractivity contribution is -0.119. The van der Waals surface area contributed by atoms with Gasteiger partial charge >= 0.3 is 0 Å². The monoisotopic (exact) mass is 200 g/mol. The molecule has 0 radical (unpaired) electrons. The first kappa shape index (κ1) is 12.9. The van der Waals surface area contributed by atoms with E-state index in [0.29, 0.717) is 12.8 Å². The minimum absolute atomic E-state index is 0.223. The summed E-state index contributed by atoms with van der Waals surface area (Å²) in [5, 5.41) is 0. The molecule has 4 heteroatoms. The van der Waals surface area contributed by atoms with Crippen LogP contribution in [0.2, 0.25) is 0 Å². The number of rotatable bonds is 9. The molecule has 0 aliphatic carbocycles. The minimum Gasteiger partial charge on any atom is -0.370 e. The molecule has 14 heavy (non-hydrogen) atoms. The third-order valence-corrected chi connectivity index (χ3v) is 2.10. The predicted octanol–water partition coefficient (Wildman–Crippen LogP) is 1.08. The summed E-state index contributed by atoms with van der Waals surface area (Å²) in [7, 11) is 0. The molecule has 0 saturated heterocycles. The molecule has 0 saturated carbocycles. The number of nitrogens with two attached hydrogens (primary N) is 2. The van der Waals surface area contributed by atoms with Crippen LogP contribution < -0.4 is 11.5 Å². The summed E-state index contributed by atoms with van der Waals surface area (Å²) in [5.41, 5.74) is 10.00. The van der Waals surface area contributed by atoms with Crippen molar-refractivity contribution in [3.8, 4) is 0 Å². The quantitative estimate of drug-likeness (QED) is 0.545. The standard InChI is InChI=1S/C10H20N2O2/c11-9(13)7-5-3-1-2-4-6-8-10(12)14/h1-8H2,(H2,11,13)(H2,12,14). The molecule has 82 valence electrons. The molecule has 0 spiro atoms. The smallest absolute Gasteiger partial charge is 0.217 e. The second kappa shape index (κ2) is 8.53. The Bertz CT molecular complexity index is 161. The Hall–Kier alpha value is -1.06. The maximum atomic E-state index is 10.4. The molecule has 0 fully saturated rings. The highest BCUT2D eigenvalue weighted by atomic mass is 16.1. The van der Waals surface area contributed by atoms with Gasteiger partial charge in [0.25, 0.3) is 0 Å². The van der Waals surface area contributed by atoms with E-state index in [0.717, 1.165) is 38.5 Å². The molecule has 0 unspecified atom stereocenters. The van der Waals surface area contributed by atoms with E-state index in [1.807, 2.05) is 0 Å². The van der Waals surface area contributed by atoms with Crippen LogP contribution in [0.5, 0.6) is 0 Å². The molecular formula is C10H20N2O2. The summed E-state index contributed by atoms with van der Waals surface area (Å²) < 4.78 is 0. The van der Waals surface area contributed by atoms with E-state index in [1.165, 1.54) is 0 Å². The van der Waals surface area contributed by atoms with Gasteiger partial charge in [-0.15, -0.1) is 0 Å². The zero-order chi connectivity index (χ0) is 10.8. The van der Waals surface area contributed by atoms with Crippen molar-refractivity contribution < 1.29 is 9.59 Å². The Labute approximate surface area is 85.0 Å². The van der Waals surface area contributed by atoms with Crippen LogP contribution in [0, 0.1) is 0 Å². The first-order valence-corrected chi connectivity index (χ1v) is 5.19. The normalized spacial score (nSPS) is 10.0. The highest BCUT2D eigenvalue weighted by Gasteiger charge is 1.96. The zero-order valence-electron chi connectivity index (χ0n) is 8.63. The average molecular weight is 200 g/mol. The third-order valence-electron chi connectivity index (χ3n) is 2.10. The van der Waals surface area contributed by atoms with Crippen LogP contribution in [0.1, 0.15) is 51.4 Å². The molecule has 0 rings (SSSR count). The molecule has 0 atom stereocenters. The van der Waals surface area contributed by atoms with Crippen LogP contribution in [0.3, 0.4) is 0 Å². The zero-order valence-corrected chi connectivity index (χ0v) is 8.63. The number of carbonyl (C=O) groups excluding carboxylic acids is 2. The fraction of sp³-hybridized carbons (Fsp3) is 0.800. The topological polar surface area (TPSA) is 86.2 Å². The van der Waals surface area contributed by atoms with Crippen LogP contribution in [0.15, 0.2) is 0 Å². The van der Waals surface area contributed by atoms with Crippen molar-refractivity contribution in [1.29, 1.82) is 0 Å². The molecule has 0 aromatic carbocycles. The molecule has 0 aliphatic heterocycles. The van der Waals surface area contributed by atoms with E-state index < -0.39 is 0 Å². The van der Waals surface area contributed by atoms with Crippen molar-refractivity contribution in [2.45, 2.75) is 51.4 Å². The van der Waals surface area contributed by atoms with Gasteiger partial charge in [-0.1, -0.05) is 25.7 Å².